The van der Waals surface area contributed by atoms with E-state index in [0.717, 1.165) is 17.8 Å². The van der Waals surface area contributed by atoms with E-state index in [1.807, 2.05) is 13.0 Å². The highest BCUT2D eigenvalue weighted by Gasteiger charge is 2.24. The number of nitrogens with zero attached hydrogens (tertiary/aromatic N) is 5. The minimum Gasteiger partial charge on any atom is -0.379 e. The lowest BCUT2D eigenvalue weighted by Crippen LogP contribution is -2.37. The third-order valence-electron chi connectivity index (χ3n) is 3.77. The average Bonchev–Trinajstić information content (AvgIpc) is 2.80. The molecule has 0 N–H and O–H groups in total. The minimum atomic E-state index is -0.104. The SMILES string of the molecule is Cc1cc(CC2COCCN(C(=O)c3cnccn3)C2)ncn1. The number of rotatable bonds is 3. The van der Waals surface area contributed by atoms with Crippen LogP contribution in [0.15, 0.2) is 31.0 Å². The smallest absolute Gasteiger partial charge is 0.274 e. The van der Waals surface area contributed by atoms with Crippen molar-refractivity contribution in [1.82, 2.24) is 24.8 Å². The van der Waals surface area contributed by atoms with E-state index in [1.54, 1.807) is 17.4 Å². The van der Waals surface area contributed by atoms with Crippen molar-refractivity contribution in [2.24, 2.45) is 5.92 Å². The Morgan fingerprint density at radius 2 is 2.26 bits per heavy atom. The molecule has 1 atom stereocenters. The lowest BCUT2D eigenvalue weighted by Gasteiger charge is -2.23. The summed E-state index contributed by atoms with van der Waals surface area (Å²) in [6, 6.07) is 1.97. The molecule has 7 nitrogen and oxygen atoms in total. The second kappa shape index (κ2) is 7.23. The van der Waals surface area contributed by atoms with E-state index >= 15 is 0 Å². The molecule has 7 heteroatoms. The molecular formula is C16H19N5O2. The Morgan fingerprint density at radius 3 is 3.04 bits per heavy atom. The van der Waals surface area contributed by atoms with Gasteiger partial charge in [0.2, 0.25) is 0 Å². The lowest BCUT2D eigenvalue weighted by atomic mass is 10.0. The van der Waals surface area contributed by atoms with E-state index in [1.165, 1.54) is 12.4 Å². The van der Waals surface area contributed by atoms with Gasteiger partial charge in [-0.2, -0.15) is 0 Å². The second-order valence-electron chi connectivity index (χ2n) is 5.64. The molecule has 3 heterocycles. The molecule has 0 saturated carbocycles. The molecule has 2 aromatic heterocycles. The number of ether oxygens (including phenoxy) is 1. The van der Waals surface area contributed by atoms with E-state index in [0.29, 0.717) is 32.0 Å². The zero-order chi connectivity index (χ0) is 16.1. The van der Waals surface area contributed by atoms with Gasteiger partial charge in [-0.1, -0.05) is 0 Å². The van der Waals surface area contributed by atoms with Gasteiger partial charge in [-0.05, 0) is 19.4 Å². The highest BCUT2D eigenvalue weighted by molar-refractivity contribution is 5.91. The van der Waals surface area contributed by atoms with Crippen LogP contribution in [0.2, 0.25) is 0 Å². The van der Waals surface area contributed by atoms with Crippen LogP contribution in [0, 0.1) is 12.8 Å². The zero-order valence-electron chi connectivity index (χ0n) is 13.1. The Kier molecular flexibility index (Phi) is 4.87. The van der Waals surface area contributed by atoms with Crippen LogP contribution >= 0.6 is 0 Å². The van der Waals surface area contributed by atoms with Gasteiger partial charge < -0.3 is 9.64 Å². The summed E-state index contributed by atoms with van der Waals surface area (Å²) in [7, 11) is 0. The fourth-order valence-corrected chi connectivity index (χ4v) is 2.68. The molecule has 1 amide bonds. The van der Waals surface area contributed by atoms with Crippen molar-refractivity contribution in [3.63, 3.8) is 0 Å². The van der Waals surface area contributed by atoms with Gasteiger partial charge in [0, 0.05) is 42.8 Å². The maximum absolute atomic E-state index is 12.5. The van der Waals surface area contributed by atoms with Gasteiger partial charge >= 0.3 is 0 Å². The predicted molar refractivity (Wildman–Crippen MR) is 82.7 cm³/mol. The number of carbonyl (C=O) groups excluding carboxylic acids is 1. The van der Waals surface area contributed by atoms with Crippen molar-refractivity contribution in [2.75, 3.05) is 26.3 Å². The van der Waals surface area contributed by atoms with Crippen molar-refractivity contribution in [3.8, 4) is 0 Å². The molecule has 2 aromatic rings. The highest BCUT2D eigenvalue weighted by Crippen LogP contribution is 2.14. The first-order valence-corrected chi connectivity index (χ1v) is 7.63. The van der Waals surface area contributed by atoms with Crippen molar-refractivity contribution in [2.45, 2.75) is 13.3 Å². The first-order valence-electron chi connectivity index (χ1n) is 7.63. The van der Waals surface area contributed by atoms with Crippen molar-refractivity contribution in [1.29, 1.82) is 0 Å². The van der Waals surface area contributed by atoms with Crippen molar-refractivity contribution in [3.05, 3.63) is 48.1 Å². The summed E-state index contributed by atoms with van der Waals surface area (Å²) >= 11 is 0. The number of aryl methyl sites for hydroxylation is 1. The standard InChI is InChI=1S/C16H19N5O2/c1-12-6-14(20-11-19-12)7-13-9-21(4-5-23-10-13)16(22)15-8-17-2-3-18-15/h2-3,6,8,11,13H,4-5,7,9-10H2,1H3. The summed E-state index contributed by atoms with van der Waals surface area (Å²) in [6.45, 7) is 4.28. The summed E-state index contributed by atoms with van der Waals surface area (Å²) in [6.07, 6.45) is 6.92. The topological polar surface area (TPSA) is 81.1 Å². The molecule has 3 rings (SSSR count). The third-order valence-corrected chi connectivity index (χ3v) is 3.77. The van der Waals surface area contributed by atoms with Crippen LogP contribution < -0.4 is 0 Å². The van der Waals surface area contributed by atoms with Gasteiger partial charge in [0.1, 0.15) is 12.0 Å². The largest absolute Gasteiger partial charge is 0.379 e. The molecule has 0 radical (unpaired) electrons. The monoisotopic (exact) mass is 313 g/mol. The number of hydrogen-bond acceptors (Lipinski definition) is 6. The van der Waals surface area contributed by atoms with Crippen LogP contribution in [0.5, 0.6) is 0 Å². The van der Waals surface area contributed by atoms with Crippen LogP contribution in [0.25, 0.3) is 0 Å². The van der Waals surface area contributed by atoms with Crippen LogP contribution in [-0.4, -0.2) is 57.0 Å². The fraction of sp³-hybridized carbons (Fsp3) is 0.438. The molecule has 1 aliphatic rings. The summed E-state index contributed by atoms with van der Waals surface area (Å²) in [5.41, 5.74) is 2.28. The fourth-order valence-electron chi connectivity index (χ4n) is 2.68. The first kappa shape index (κ1) is 15.5. The molecule has 1 aliphatic heterocycles. The van der Waals surface area contributed by atoms with Crippen molar-refractivity contribution >= 4 is 5.91 Å². The van der Waals surface area contributed by atoms with E-state index in [2.05, 4.69) is 19.9 Å². The summed E-state index contributed by atoms with van der Waals surface area (Å²) < 4.78 is 5.65. The molecule has 23 heavy (non-hydrogen) atoms. The maximum atomic E-state index is 12.5. The predicted octanol–water partition coefficient (Wildman–Crippen LogP) is 0.906. The van der Waals surface area contributed by atoms with Gasteiger partial charge in [-0.25, -0.2) is 15.0 Å². The molecule has 1 fully saturated rings. The van der Waals surface area contributed by atoms with Gasteiger partial charge in [0.25, 0.3) is 5.91 Å². The van der Waals surface area contributed by atoms with Crippen LogP contribution in [0.3, 0.4) is 0 Å². The van der Waals surface area contributed by atoms with Gasteiger partial charge in [-0.3, -0.25) is 9.78 Å². The Morgan fingerprint density at radius 1 is 1.35 bits per heavy atom. The van der Waals surface area contributed by atoms with E-state index in [-0.39, 0.29) is 11.8 Å². The van der Waals surface area contributed by atoms with Gasteiger partial charge in [0.15, 0.2) is 0 Å². The van der Waals surface area contributed by atoms with E-state index < -0.39 is 0 Å². The Labute approximate surface area is 134 Å². The Hall–Kier alpha value is -2.41. The molecule has 1 saturated heterocycles. The summed E-state index contributed by atoms with van der Waals surface area (Å²) in [5, 5.41) is 0. The minimum absolute atomic E-state index is 0.104. The number of carbonyl (C=O) groups is 1. The molecule has 0 aliphatic carbocycles. The molecule has 1 unspecified atom stereocenters. The molecule has 0 aromatic carbocycles. The highest BCUT2D eigenvalue weighted by atomic mass is 16.5. The third kappa shape index (κ3) is 4.07. The van der Waals surface area contributed by atoms with Gasteiger partial charge in [-0.15, -0.1) is 0 Å². The lowest BCUT2D eigenvalue weighted by molar-refractivity contribution is 0.0731. The Balaban J connectivity index is 1.70. The summed E-state index contributed by atoms with van der Waals surface area (Å²) in [5.74, 6) is 0.0971. The quantitative estimate of drug-likeness (QED) is 0.837. The Bertz CT molecular complexity index is 665. The first-order chi connectivity index (χ1) is 11.2. The second-order valence-corrected chi connectivity index (χ2v) is 5.64. The average molecular weight is 313 g/mol. The van der Waals surface area contributed by atoms with Crippen molar-refractivity contribution < 1.29 is 9.53 Å². The molecular weight excluding hydrogens is 294 g/mol. The molecule has 0 bridgehead atoms. The van der Waals surface area contributed by atoms with Crippen LogP contribution in [0.1, 0.15) is 21.9 Å². The molecule has 0 spiro atoms. The number of hydrogen-bond donors (Lipinski definition) is 0. The normalized spacial score (nSPS) is 18.5. The van der Waals surface area contributed by atoms with Crippen LogP contribution in [0.4, 0.5) is 0 Å². The van der Waals surface area contributed by atoms with E-state index in [4.69, 9.17) is 4.74 Å². The van der Waals surface area contributed by atoms with Crippen LogP contribution in [-0.2, 0) is 11.2 Å². The number of aromatic nitrogens is 4. The van der Waals surface area contributed by atoms with Gasteiger partial charge in [0.05, 0.1) is 19.4 Å². The number of amides is 1. The maximum Gasteiger partial charge on any atom is 0.274 e. The zero-order valence-corrected chi connectivity index (χ0v) is 13.1. The summed E-state index contributed by atoms with van der Waals surface area (Å²) in [4.78, 5) is 30.8. The molecule has 120 valence electrons. The van der Waals surface area contributed by atoms with E-state index in [9.17, 15) is 4.79 Å².